The molecule has 18 heavy (non-hydrogen) atoms. The first-order valence-electron chi connectivity index (χ1n) is 5.79. The van der Waals surface area contributed by atoms with Gasteiger partial charge in [0.05, 0.1) is 9.30 Å². The fourth-order valence-corrected chi connectivity index (χ4v) is 2.62. The van der Waals surface area contributed by atoms with Crippen LogP contribution in [-0.2, 0) is 6.42 Å². The minimum Gasteiger partial charge on any atom is -0.206 e. The van der Waals surface area contributed by atoms with Crippen molar-refractivity contribution >= 4 is 31.9 Å². The maximum absolute atomic E-state index is 13.5. The van der Waals surface area contributed by atoms with Crippen LogP contribution in [0.1, 0.15) is 28.4 Å². The van der Waals surface area contributed by atoms with Crippen molar-refractivity contribution in [3.05, 3.63) is 69.4 Å². The lowest BCUT2D eigenvalue weighted by molar-refractivity contribution is 0.619. The first kappa shape index (κ1) is 13.8. The van der Waals surface area contributed by atoms with Gasteiger partial charge in [0.15, 0.2) is 0 Å². The van der Waals surface area contributed by atoms with E-state index >= 15 is 0 Å². The monoisotopic (exact) mass is 370 g/mol. The summed E-state index contributed by atoms with van der Waals surface area (Å²) in [6, 6.07) is 13.6. The second-order valence-corrected chi connectivity index (χ2v) is 5.90. The quantitative estimate of drug-likeness (QED) is 0.613. The van der Waals surface area contributed by atoms with Crippen molar-refractivity contribution in [1.29, 1.82) is 0 Å². The highest BCUT2D eigenvalue weighted by Crippen LogP contribution is 2.32. The summed E-state index contributed by atoms with van der Waals surface area (Å²) < 4.78 is 14.0. The lowest BCUT2D eigenvalue weighted by Crippen LogP contribution is -1.94. The summed E-state index contributed by atoms with van der Waals surface area (Å²) in [7, 11) is 0. The molecule has 0 saturated carbocycles. The van der Waals surface area contributed by atoms with Crippen molar-refractivity contribution in [1.82, 2.24) is 0 Å². The van der Waals surface area contributed by atoms with Crippen molar-refractivity contribution in [3.63, 3.8) is 0 Å². The van der Waals surface area contributed by atoms with E-state index in [9.17, 15) is 4.39 Å². The van der Waals surface area contributed by atoms with E-state index in [2.05, 4.69) is 63.0 Å². The summed E-state index contributed by atoms with van der Waals surface area (Å²) in [6.45, 7) is 2.13. The minimum atomic E-state index is -0.234. The first-order valence-corrected chi connectivity index (χ1v) is 7.50. The normalized spacial score (nSPS) is 12.4. The average molecular weight is 372 g/mol. The molecule has 3 heteroatoms. The average Bonchev–Trinajstić information content (AvgIpc) is 2.41. The van der Waals surface area contributed by atoms with Gasteiger partial charge in [-0.2, -0.15) is 0 Å². The maximum atomic E-state index is 13.5. The molecule has 0 saturated heterocycles. The highest BCUT2D eigenvalue weighted by molar-refractivity contribution is 9.10. The van der Waals surface area contributed by atoms with Gasteiger partial charge in [-0.3, -0.25) is 0 Å². The van der Waals surface area contributed by atoms with E-state index in [1.54, 1.807) is 12.1 Å². The molecule has 0 radical (unpaired) electrons. The number of hydrogen-bond acceptors (Lipinski definition) is 0. The van der Waals surface area contributed by atoms with Crippen LogP contribution in [0.15, 0.2) is 46.9 Å². The van der Waals surface area contributed by atoms with Crippen LogP contribution >= 0.6 is 31.9 Å². The van der Waals surface area contributed by atoms with E-state index in [-0.39, 0.29) is 10.6 Å². The highest BCUT2D eigenvalue weighted by Gasteiger charge is 2.12. The summed E-state index contributed by atoms with van der Waals surface area (Å²) in [5.41, 5.74) is 3.36. The third kappa shape index (κ3) is 3.01. The zero-order valence-corrected chi connectivity index (χ0v) is 13.1. The molecule has 2 rings (SSSR count). The van der Waals surface area contributed by atoms with Crippen LogP contribution in [-0.4, -0.2) is 0 Å². The Kier molecular flexibility index (Phi) is 4.57. The van der Waals surface area contributed by atoms with E-state index in [0.717, 1.165) is 17.5 Å². The molecule has 0 heterocycles. The van der Waals surface area contributed by atoms with Gasteiger partial charge in [0, 0.05) is 0 Å². The Morgan fingerprint density at radius 2 is 1.67 bits per heavy atom. The van der Waals surface area contributed by atoms with Gasteiger partial charge in [-0.25, -0.2) is 4.39 Å². The third-order valence-electron chi connectivity index (χ3n) is 2.92. The maximum Gasteiger partial charge on any atom is 0.137 e. The van der Waals surface area contributed by atoms with Crippen molar-refractivity contribution in [3.8, 4) is 0 Å². The van der Waals surface area contributed by atoms with Crippen LogP contribution in [0.5, 0.6) is 0 Å². The lowest BCUT2D eigenvalue weighted by atomic mass is 10.0. The van der Waals surface area contributed by atoms with Crippen molar-refractivity contribution < 1.29 is 4.39 Å². The van der Waals surface area contributed by atoms with Crippen molar-refractivity contribution in [2.45, 2.75) is 18.2 Å². The third-order valence-corrected chi connectivity index (χ3v) is 4.62. The van der Waals surface area contributed by atoms with E-state index in [0.29, 0.717) is 4.47 Å². The number of alkyl halides is 1. The van der Waals surface area contributed by atoms with Crippen LogP contribution < -0.4 is 0 Å². The summed E-state index contributed by atoms with van der Waals surface area (Å²) in [4.78, 5) is 0.0195. The molecule has 0 fully saturated rings. The lowest BCUT2D eigenvalue weighted by Gasteiger charge is -2.12. The summed E-state index contributed by atoms with van der Waals surface area (Å²) in [5.74, 6) is -0.234. The Morgan fingerprint density at radius 1 is 1.06 bits per heavy atom. The fraction of sp³-hybridized carbons (Fsp3) is 0.200. The zero-order valence-electron chi connectivity index (χ0n) is 9.96. The summed E-state index contributed by atoms with van der Waals surface area (Å²) in [5, 5.41) is 0. The fourth-order valence-electron chi connectivity index (χ4n) is 1.78. The first-order chi connectivity index (χ1) is 8.61. The van der Waals surface area contributed by atoms with E-state index in [1.807, 2.05) is 6.07 Å². The van der Waals surface area contributed by atoms with Crippen LogP contribution in [0, 0.1) is 5.82 Å². The summed E-state index contributed by atoms with van der Waals surface area (Å²) in [6.07, 6.45) is 1.03. The Morgan fingerprint density at radius 3 is 2.22 bits per heavy atom. The van der Waals surface area contributed by atoms with E-state index in [4.69, 9.17) is 0 Å². The van der Waals surface area contributed by atoms with Gasteiger partial charge in [0.25, 0.3) is 0 Å². The molecule has 0 aliphatic heterocycles. The van der Waals surface area contributed by atoms with Gasteiger partial charge in [0.1, 0.15) is 5.82 Å². The molecule has 0 N–H and O–H groups in total. The van der Waals surface area contributed by atoms with Crippen LogP contribution in [0.2, 0.25) is 0 Å². The Labute approximate surface area is 123 Å². The van der Waals surface area contributed by atoms with E-state index < -0.39 is 0 Å². The van der Waals surface area contributed by atoms with Crippen molar-refractivity contribution in [2.75, 3.05) is 0 Å². The standard InChI is InChI=1S/C15H13Br2F/c1-2-10-3-5-11(6-4-10)15(17)12-7-8-13(16)14(18)9-12/h3-9,15H,2H2,1H3. The molecular weight excluding hydrogens is 359 g/mol. The van der Waals surface area contributed by atoms with Crippen LogP contribution in [0.4, 0.5) is 4.39 Å². The molecule has 0 nitrogen and oxygen atoms in total. The van der Waals surface area contributed by atoms with Crippen LogP contribution in [0.3, 0.4) is 0 Å². The number of aryl methyl sites for hydroxylation is 1. The molecule has 2 aromatic rings. The largest absolute Gasteiger partial charge is 0.206 e. The zero-order chi connectivity index (χ0) is 13.1. The second-order valence-electron chi connectivity index (χ2n) is 4.13. The van der Waals surface area contributed by atoms with Gasteiger partial charge in [-0.15, -0.1) is 0 Å². The molecule has 0 amide bonds. The number of hydrogen-bond donors (Lipinski definition) is 0. The second kappa shape index (κ2) is 5.98. The number of benzene rings is 2. The van der Waals surface area contributed by atoms with Crippen molar-refractivity contribution in [2.24, 2.45) is 0 Å². The Hall–Kier alpha value is -0.670. The Bertz CT molecular complexity index is 535. The van der Waals surface area contributed by atoms with E-state index in [1.165, 1.54) is 5.56 Å². The smallest absolute Gasteiger partial charge is 0.137 e. The summed E-state index contributed by atoms with van der Waals surface area (Å²) >= 11 is 6.78. The van der Waals surface area contributed by atoms with Gasteiger partial charge in [0.2, 0.25) is 0 Å². The molecule has 94 valence electrons. The van der Waals surface area contributed by atoms with Gasteiger partial charge in [-0.1, -0.05) is 53.2 Å². The predicted molar refractivity (Wildman–Crippen MR) is 80.7 cm³/mol. The topological polar surface area (TPSA) is 0 Å². The molecule has 0 aliphatic rings. The molecule has 0 aliphatic carbocycles. The predicted octanol–water partition coefficient (Wildman–Crippen LogP) is 5.63. The number of rotatable bonds is 3. The van der Waals surface area contributed by atoms with Gasteiger partial charge >= 0.3 is 0 Å². The van der Waals surface area contributed by atoms with Gasteiger partial charge < -0.3 is 0 Å². The molecule has 0 spiro atoms. The van der Waals surface area contributed by atoms with Crippen LogP contribution in [0.25, 0.3) is 0 Å². The molecule has 0 bridgehead atoms. The molecule has 0 aromatic heterocycles. The SMILES string of the molecule is CCc1ccc(C(Br)c2ccc(Br)c(F)c2)cc1. The molecule has 1 atom stereocenters. The highest BCUT2D eigenvalue weighted by atomic mass is 79.9. The Balaban J connectivity index is 2.28. The molecule has 2 aromatic carbocycles. The molecule has 1 unspecified atom stereocenters. The molecular formula is C15H13Br2F. The van der Waals surface area contributed by atoms with Gasteiger partial charge in [-0.05, 0) is 51.2 Å². The number of halogens is 3. The minimum absolute atomic E-state index is 0.0195.